The van der Waals surface area contributed by atoms with Gasteiger partial charge >= 0.3 is 0 Å². The number of thiazole rings is 1. The number of nitrogens with one attached hydrogen (secondary N) is 2. The lowest BCUT2D eigenvalue weighted by Crippen LogP contribution is -2.13. The molecule has 2 aromatic carbocycles. The standard InChI is InChI=1S/C20H15N5O3S2/c1-27-11-6-7-15-16(8-11)30-19(22-15)23-17(26)10-29-20-25-24-18(28-20)13-9-21-14-5-3-2-4-12(13)14/h2-9,21H,10H2,1H3,(H,22,23,26). The molecule has 30 heavy (non-hydrogen) atoms. The first kappa shape index (κ1) is 18.6. The predicted molar refractivity (Wildman–Crippen MR) is 117 cm³/mol. The Hall–Kier alpha value is -3.37. The number of amides is 1. The number of ether oxygens (including phenoxy) is 1. The van der Waals surface area contributed by atoms with Crippen LogP contribution >= 0.6 is 23.1 Å². The highest BCUT2D eigenvalue weighted by molar-refractivity contribution is 7.99. The van der Waals surface area contributed by atoms with Crippen LogP contribution in [0.3, 0.4) is 0 Å². The van der Waals surface area contributed by atoms with Crippen LogP contribution in [-0.4, -0.2) is 38.9 Å². The number of para-hydroxylation sites is 1. The van der Waals surface area contributed by atoms with E-state index in [0.29, 0.717) is 16.2 Å². The molecule has 0 unspecified atom stereocenters. The summed E-state index contributed by atoms with van der Waals surface area (Å²) in [5.41, 5.74) is 2.64. The number of hydrogen-bond donors (Lipinski definition) is 2. The third kappa shape index (κ3) is 3.62. The molecule has 0 saturated heterocycles. The average molecular weight is 438 g/mol. The molecule has 150 valence electrons. The van der Waals surface area contributed by atoms with E-state index in [4.69, 9.17) is 9.15 Å². The molecule has 0 saturated carbocycles. The normalized spacial score (nSPS) is 11.2. The van der Waals surface area contributed by atoms with Crippen LogP contribution in [0.2, 0.25) is 0 Å². The Labute approximate surface area is 178 Å². The highest BCUT2D eigenvalue weighted by atomic mass is 32.2. The maximum atomic E-state index is 12.3. The van der Waals surface area contributed by atoms with Gasteiger partial charge in [0.15, 0.2) is 5.13 Å². The van der Waals surface area contributed by atoms with E-state index in [1.54, 1.807) is 7.11 Å². The van der Waals surface area contributed by atoms with Crippen molar-refractivity contribution < 1.29 is 13.9 Å². The number of carbonyl (C=O) groups is 1. The molecule has 0 aliphatic rings. The minimum Gasteiger partial charge on any atom is -0.497 e. The van der Waals surface area contributed by atoms with Gasteiger partial charge in [0.05, 0.1) is 28.6 Å². The van der Waals surface area contributed by atoms with Crippen molar-refractivity contribution in [3.05, 3.63) is 48.7 Å². The summed E-state index contributed by atoms with van der Waals surface area (Å²) >= 11 is 2.57. The highest BCUT2D eigenvalue weighted by Crippen LogP contribution is 2.31. The number of fused-ring (bicyclic) bond motifs is 2. The van der Waals surface area contributed by atoms with E-state index in [2.05, 4.69) is 25.5 Å². The molecular formula is C20H15N5O3S2. The van der Waals surface area contributed by atoms with Gasteiger partial charge in [-0.2, -0.15) is 0 Å². The summed E-state index contributed by atoms with van der Waals surface area (Å²) in [6.07, 6.45) is 1.83. The van der Waals surface area contributed by atoms with E-state index in [0.717, 1.165) is 32.4 Å². The minimum absolute atomic E-state index is 0.134. The minimum atomic E-state index is -0.196. The van der Waals surface area contributed by atoms with Crippen molar-refractivity contribution in [3.8, 4) is 17.2 Å². The molecule has 3 aromatic heterocycles. The van der Waals surface area contributed by atoms with Crippen molar-refractivity contribution in [2.24, 2.45) is 0 Å². The zero-order valence-electron chi connectivity index (χ0n) is 15.7. The zero-order chi connectivity index (χ0) is 20.5. The number of rotatable bonds is 6. The van der Waals surface area contributed by atoms with E-state index in [9.17, 15) is 4.79 Å². The van der Waals surface area contributed by atoms with Gasteiger partial charge in [-0.1, -0.05) is 41.3 Å². The van der Waals surface area contributed by atoms with Crippen molar-refractivity contribution in [1.29, 1.82) is 0 Å². The number of nitrogens with zero attached hydrogens (tertiary/aromatic N) is 3. The molecule has 0 aliphatic carbocycles. The van der Waals surface area contributed by atoms with Crippen LogP contribution in [0.4, 0.5) is 5.13 Å². The molecule has 0 fully saturated rings. The second-order valence-electron chi connectivity index (χ2n) is 6.31. The number of aromatic amines is 1. The Kier molecular flexibility index (Phi) is 4.85. The molecular weight excluding hydrogens is 422 g/mol. The van der Waals surface area contributed by atoms with Crippen LogP contribution < -0.4 is 10.1 Å². The molecule has 0 spiro atoms. The summed E-state index contributed by atoms with van der Waals surface area (Å²) in [4.78, 5) is 19.9. The van der Waals surface area contributed by atoms with Crippen molar-refractivity contribution in [3.63, 3.8) is 0 Å². The van der Waals surface area contributed by atoms with Crippen LogP contribution in [-0.2, 0) is 4.79 Å². The van der Waals surface area contributed by atoms with E-state index >= 15 is 0 Å². The molecule has 10 heteroatoms. The van der Waals surface area contributed by atoms with Crippen molar-refractivity contribution >= 4 is 55.3 Å². The second kappa shape index (κ2) is 7.81. The van der Waals surface area contributed by atoms with Crippen molar-refractivity contribution in [2.45, 2.75) is 5.22 Å². The van der Waals surface area contributed by atoms with Crippen molar-refractivity contribution in [2.75, 3.05) is 18.2 Å². The number of H-pyrrole nitrogens is 1. The summed E-state index contributed by atoms with van der Waals surface area (Å²) in [6.45, 7) is 0. The number of thioether (sulfide) groups is 1. The van der Waals surface area contributed by atoms with Crippen LogP contribution in [0.1, 0.15) is 0 Å². The van der Waals surface area contributed by atoms with E-state index in [1.165, 1.54) is 23.1 Å². The number of anilines is 1. The van der Waals surface area contributed by atoms with Crippen LogP contribution in [0.5, 0.6) is 5.75 Å². The largest absolute Gasteiger partial charge is 0.497 e. The first-order valence-corrected chi connectivity index (χ1v) is 10.8. The van der Waals surface area contributed by atoms with Crippen LogP contribution in [0, 0.1) is 0 Å². The number of aromatic nitrogens is 4. The fraction of sp³-hybridized carbons (Fsp3) is 0.100. The van der Waals surface area contributed by atoms with Gasteiger partial charge in [-0.05, 0) is 24.3 Å². The Morgan fingerprint density at radius 1 is 1.27 bits per heavy atom. The number of methoxy groups -OCH3 is 1. The van der Waals surface area contributed by atoms with Crippen LogP contribution in [0.25, 0.3) is 32.6 Å². The fourth-order valence-electron chi connectivity index (χ4n) is 2.99. The molecule has 0 radical (unpaired) electrons. The second-order valence-corrected chi connectivity index (χ2v) is 8.27. The van der Waals surface area contributed by atoms with Gasteiger partial charge in [0.2, 0.25) is 5.91 Å². The number of benzene rings is 2. The quantitative estimate of drug-likeness (QED) is 0.375. The van der Waals surface area contributed by atoms with E-state index < -0.39 is 0 Å². The Morgan fingerprint density at radius 3 is 3.07 bits per heavy atom. The van der Waals surface area contributed by atoms with E-state index in [-0.39, 0.29) is 11.7 Å². The molecule has 2 N–H and O–H groups in total. The summed E-state index contributed by atoms with van der Waals surface area (Å²) in [5.74, 6) is 1.10. The predicted octanol–water partition coefficient (Wildman–Crippen LogP) is 4.57. The first-order chi connectivity index (χ1) is 14.7. The Balaban J connectivity index is 1.24. The fourth-order valence-corrected chi connectivity index (χ4v) is 4.47. The van der Waals surface area contributed by atoms with E-state index in [1.807, 2.05) is 48.7 Å². The summed E-state index contributed by atoms with van der Waals surface area (Å²) in [6, 6.07) is 13.5. The average Bonchev–Trinajstić information content (AvgIpc) is 3.48. The summed E-state index contributed by atoms with van der Waals surface area (Å²) < 4.78 is 11.9. The maximum Gasteiger partial charge on any atom is 0.277 e. The first-order valence-electron chi connectivity index (χ1n) is 8.97. The zero-order valence-corrected chi connectivity index (χ0v) is 17.3. The monoisotopic (exact) mass is 437 g/mol. The molecule has 8 nitrogen and oxygen atoms in total. The molecule has 3 heterocycles. The third-order valence-corrected chi connectivity index (χ3v) is 6.15. The smallest absolute Gasteiger partial charge is 0.277 e. The highest BCUT2D eigenvalue weighted by Gasteiger charge is 2.15. The lowest BCUT2D eigenvalue weighted by Gasteiger charge is -1.98. The SMILES string of the molecule is COc1ccc2nc(NC(=O)CSc3nnc(-c4c[nH]c5ccccc45)o3)sc2c1. The summed E-state index contributed by atoms with van der Waals surface area (Å²) in [7, 11) is 1.61. The van der Waals surface area contributed by atoms with Gasteiger partial charge in [0, 0.05) is 17.1 Å². The van der Waals surface area contributed by atoms with Crippen LogP contribution in [0.15, 0.2) is 58.3 Å². The Bertz CT molecular complexity index is 1360. The van der Waals surface area contributed by atoms with Gasteiger partial charge in [0.1, 0.15) is 5.75 Å². The summed E-state index contributed by atoms with van der Waals surface area (Å²) in [5, 5.41) is 12.8. The van der Waals surface area contributed by atoms with Gasteiger partial charge in [-0.25, -0.2) is 4.98 Å². The Morgan fingerprint density at radius 2 is 2.17 bits per heavy atom. The molecule has 5 rings (SSSR count). The maximum absolute atomic E-state index is 12.3. The number of carbonyl (C=O) groups excluding carboxylic acids is 1. The topological polar surface area (TPSA) is 106 Å². The molecule has 0 aliphatic heterocycles. The molecule has 0 atom stereocenters. The van der Waals surface area contributed by atoms with Gasteiger partial charge in [0.25, 0.3) is 11.1 Å². The lowest BCUT2D eigenvalue weighted by atomic mass is 10.2. The lowest BCUT2D eigenvalue weighted by molar-refractivity contribution is -0.113. The number of hydrogen-bond acceptors (Lipinski definition) is 8. The molecule has 5 aromatic rings. The molecule has 0 bridgehead atoms. The third-order valence-electron chi connectivity index (χ3n) is 4.39. The molecule has 1 amide bonds. The van der Waals surface area contributed by atoms with Gasteiger partial charge in [-0.3, -0.25) is 4.79 Å². The van der Waals surface area contributed by atoms with Gasteiger partial charge in [-0.15, -0.1) is 10.2 Å². The van der Waals surface area contributed by atoms with Crippen molar-refractivity contribution in [1.82, 2.24) is 20.2 Å². The van der Waals surface area contributed by atoms with Gasteiger partial charge < -0.3 is 19.5 Å².